The smallest absolute Gasteiger partial charge is 0.126 e. The summed E-state index contributed by atoms with van der Waals surface area (Å²) in [4.78, 5) is 0. The summed E-state index contributed by atoms with van der Waals surface area (Å²) >= 11 is 0. The molecule has 0 heterocycles. The summed E-state index contributed by atoms with van der Waals surface area (Å²) in [7, 11) is 1.64. The van der Waals surface area contributed by atoms with Crippen LogP contribution in [-0.4, -0.2) is 7.11 Å². The molecule has 0 saturated carbocycles. The molecule has 0 aromatic heterocycles. The van der Waals surface area contributed by atoms with E-state index in [1.807, 2.05) is 36.4 Å². The third-order valence-corrected chi connectivity index (χ3v) is 1.94. The molecule has 0 unspecified atom stereocenters. The maximum atomic E-state index is 8.56. The van der Waals surface area contributed by atoms with Gasteiger partial charge in [0.1, 0.15) is 5.75 Å². The SMILES string of the molecule is COc1ccccc1/C=C/C=C(/C)C#N. The van der Waals surface area contributed by atoms with E-state index in [2.05, 4.69) is 6.07 Å². The second-order valence-corrected chi connectivity index (χ2v) is 3.06. The first-order valence-corrected chi connectivity index (χ1v) is 4.66. The first kappa shape index (κ1) is 11.1. The van der Waals surface area contributed by atoms with Crippen molar-refractivity contribution >= 4 is 6.08 Å². The van der Waals surface area contributed by atoms with Crippen molar-refractivity contribution in [1.29, 1.82) is 5.26 Å². The van der Waals surface area contributed by atoms with E-state index >= 15 is 0 Å². The molecule has 0 spiro atoms. The van der Waals surface area contributed by atoms with Crippen molar-refractivity contribution in [2.75, 3.05) is 7.11 Å². The summed E-state index contributed by atoms with van der Waals surface area (Å²) in [5.41, 5.74) is 1.68. The molecule has 0 amide bonds. The van der Waals surface area contributed by atoms with Crippen molar-refractivity contribution in [2.24, 2.45) is 0 Å². The van der Waals surface area contributed by atoms with Gasteiger partial charge in [-0.15, -0.1) is 0 Å². The fourth-order valence-electron chi connectivity index (χ4n) is 1.14. The molecule has 0 atom stereocenters. The van der Waals surface area contributed by atoms with Crippen molar-refractivity contribution in [1.82, 2.24) is 0 Å². The van der Waals surface area contributed by atoms with E-state index in [-0.39, 0.29) is 0 Å². The Morgan fingerprint density at radius 1 is 1.40 bits per heavy atom. The Morgan fingerprint density at radius 3 is 2.80 bits per heavy atom. The van der Waals surface area contributed by atoms with E-state index in [4.69, 9.17) is 10.00 Å². The van der Waals surface area contributed by atoms with E-state index in [1.165, 1.54) is 0 Å². The average Bonchev–Trinajstić information content (AvgIpc) is 2.29. The quantitative estimate of drug-likeness (QED) is 0.553. The Bertz CT molecular complexity index is 424. The summed E-state index contributed by atoms with van der Waals surface area (Å²) in [6.07, 6.45) is 5.53. The summed E-state index contributed by atoms with van der Waals surface area (Å²) in [6.45, 7) is 1.77. The van der Waals surface area contributed by atoms with Crippen LogP contribution in [0.5, 0.6) is 5.75 Å². The van der Waals surface area contributed by atoms with Crippen LogP contribution in [0.2, 0.25) is 0 Å². The maximum Gasteiger partial charge on any atom is 0.126 e. The van der Waals surface area contributed by atoms with Gasteiger partial charge in [0.05, 0.1) is 13.2 Å². The molecule has 0 saturated heterocycles. The first-order valence-electron chi connectivity index (χ1n) is 4.66. The number of hydrogen-bond donors (Lipinski definition) is 0. The second-order valence-electron chi connectivity index (χ2n) is 3.06. The molecule has 15 heavy (non-hydrogen) atoms. The summed E-state index contributed by atoms with van der Waals surface area (Å²) in [5.74, 6) is 0.830. The summed E-state index contributed by atoms with van der Waals surface area (Å²) < 4.78 is 5.19. The van der Waals surface area contributed by atoms with Crippen LogP contribution in [0, 0.1) is 11.3 Å². The van der Waals surface area contributed by atoms with Crippen molar-refractivity contribution in [3.63, 3.8) is 0 Å². The number of rotatable bonds is 3. The lowest BCUT2D eigenvalue weighted by Gasteiger charge is -2.02. The molecule has 0 aliphatic heterocycles. The van der Waals surface area contributed by atoms with Gasteiger partial charge in [-0.25, -0.2) is 0 Å². The number of ether oxygens (including phenoxy) is 1. The Balaban J connectivity index is 2.86. The second kappa shape index (κ2) is 5.66. The normalized spacial score (nSPS) is 11.4. The maximum absolute atomic E-state index is 8.56. The Labute approximate surface area is 90.1 Å². The van der Waals surface area contributed by atoms with Gasteiger partial charge in [-0.05, 0) is 19.1 Å². The van der Waals surface area contributed by atoms with Gasteiger partial charge in [-0.1, -0.05) is 30.4 Å². The average molecular weight is 199 g/mol. The van der Waals surface area contributed by atoms with Gasteiger partial charge in [0.25, 0.3) is 0 Å². The molecule has 0 aliphatic rings. The van der Waals surface area contributed by atoms with Crippen LogP contribution in [-0.2, 0) is 0 Å². The largest absolute Gasteiger partial charge is 0.496 e. The topological polar surface area (TPSA) is 33.0 Å². The third kappa shape index (κ3) is 3.32. The number of nitrogens with zero attached hydrogens (tertiary/aromatic N) is 1. The molecule has 0 bridgehead atoms. The zero-order valence-electron chi connectivity index (χ0n) is 8.90. The third-order valence-electron chi connectivity index (χ3n) is 1.94. The lowest BCUT2D eigenvalue weighted by Crippen LogP contribution is -1.85. The standard InChI is InChI=1S/C13H13NO/c1-11(10-14)6-5-8-12-7-3-4-9-13(12)15-2/h3-9H,1-2H3/b8-5+,11-6-. The molecular weight excluding hydrogens is 186 g/mol. The molecule has 1 aromatic carbocycles. The van der Waals surface area contributed by atoms with Gasteiger partial charge < -0.3 is 4.74 Å². The number of methoxy groups -OCH3 is 1. The fourth-order valence-corrected chi connectivity index (χ4v) is 1.14. The van der Waals surface area contributed by atoms with Gasteiger partial charge in [-0.3, -0.25) is 0 Å². The monoisotopic (exact) mass is 199 g/mol. The van der Waals surface area contributed by atoms with Crippen molar-refractivity contribution in [3.05, 3.63) is 47.6 Å². The van der Waals surface area contributed by atoms with Crippen LogP contribution in [0.1, 0.15) is 12.5 Å². The molecule has 2 nitrogen and oxygen atoms in total. The molecule has 0 radical (unpaired) electrons. The summed E-state index contributed by atoms with van der Waals surface area (Å²) in [6, 6.07) is 9.80. The summed E-state index contributed by atoms with van der Waals surface area (Å²) in [5, 5.41) is 8.56. The zero-order valence-corrected chi connectivity index (χ0v) is 8.90. The number of nitriles is 1. The Hall–Kier alpha value is -2.01. The zero-order chi connectivity index (χ0) is 11.1. The number of allylic oxidation sites excluding steroid dienone is 3. The van der Waals surface area contributed by atoms with E-state index in [1.54, 1.807) is 20.1 Å². The van der Waals surface area contributed by atoms with Crippen molar-refractivity contribution in [2.45, 2.75) is 6.92 Å². The van der Waals surface area contributed by atoms with Crippen molar-refractivity contribution in [3.8, 4) is 11.8 Å². The van der Waals surface area contributed by atoms with Gasteiger partial charge in [0, 0.05) is 11.1 Å². The molecular formula is C13H13NO. The molecule has 0 N–H and O–H groups in total. The van der Waals surface area contributed by atoms with Gasteiger partial charge in [0.2, 0.25) is 0 Å². The van der Waals surface area contributed by atoms with Gasteiger partial charge in [-0.2, -0.15) is 5.26 Å². The predicted octanol–water partition coefficient (Wildman–Crippen LogP) is 3.18. The molecule has 0 fully saturated rings. The predicted molar refractivity (Wildman–Crippen MR) is 61.4 cm³/mol. The number of benzene rings is 1. The highest BCUT2D eigenvalue weighted by Gasteiger charge is 1.95. The fraction of sp³-hybridized carbons (Fsp3) is 0.154. The van der Waals surface area contributed by atoms with Crippen LogP contribution in [0.3, 0.4) is 0 Å². The highest BCUT2D eigenvalue weighted by Crippen LogP contribution is 2.18. The van der Waals surface area contributed by atoms with Crippen LogP contribution < -0.4 is 4.74 Å². The Kier molecular flexibility index (Phi) is 4.18. The number of para-hydroxylation sites is 1. The van der Waals surface area contributed by atoms with E-state index in [9.17, 15) is 0 Å². The number of hydrogen-bond acceptors (Lipinski definition) is 2. The molecule has 2 heteroatoms. The first-order chi connectivity index (χ1) is 7.27. The van der Waals surface area contributed by atoms with Crippen LogP contribution >= 0.6 is 0 Å². The van der Waals surface area contributed by atoms with Gasteiger partial charge >= 0.3 is 0 Å². The van der Waals surface area contributed by atoms with E-state index < -0.39 is 0 Å². The van der Waals surface area contributed by atoms with Crippen LogP contribution in [0.15, 0.2) is 42.0 Å². The van der Waals surface area contributed by atoms with Gasteiger partial charge in [0.15, 0.2) is 0 Å². The minimum atomic E-state index is 0.682. The molecule has 1 rings (SSSR count). The minimum Gasteiger partial charge on any atom is -0.496 e. The van der Waals surface area contributed by atoms with E-state index in [0.717, 1.165) is 11.3 Å². The van der Waals surface area contributed by atoms with Crippen molar-refractivity contribution < 1.29 is 4.74 Å². The highest BCUT2D eigenvalue weighted by molar-refractivity contribution is 5.58. The molecule has 1 aromatic rings. The lowest BCUT2D eigenvalue weighted by molar-refractivity contribution is 0.414. The lowest BCUT2D eigenvalue weighted by atomic mass is 10.2. The molecule has 0 aliphatic carbocycles. The Morgan fingerprint density at radius 2 is 2.13 bits per heavy atom. The minimum absolute atomic E-state index is 0.682. The highest BCUT2D eigenvalue weighted by atomic mass is 16.5. The van der Waals surface area contributed by atoms with Crippen LogP contribution in [0.25, 0.3) is 6.08 Å². The van der Waals surface area contributed by atoms with E-state index in [0.29, 0.717) is 5.57 Å². The van der Waals surface area contributed by atoms with Crippen LogP contribution in [0.4, 0.5) is 0 Å². The molecule has 76 valence electrons.